The molecule has 0 aromatic rings. The molecule has 1 saturated heterocycles. The van der Waals surface area contributed by atoms with Gasteiger partial charge in [0.25, 0.3) is 0 Å². The summed E-state index contributed by atoms with van der Waals surface area (Å²) in [6, 6.07) is 0.0269. The lowest BCUT2D eigenvalue weighted by Gasteiger charge is -2.21. The summed E-state index contributed by atoms with van der Waals surface area (Å²) in [6.45, 7) is 2.27. The minimum Gasteiger partial charge on any atom is -0.393 e. The molecule has 0 bridgehead atoms. The van der Waals surface area contributed by atoms with Crippen LogP contribution in [0.1, 0.15) is 19.3 Å². The molecule has 2 N–H and O–H groups in total. The molecule has 2 amide bonds. The fourth-order valence-corrected chi connectivity index (χ4v) is 2.20. The van der Waals surface area contributed by atoms with E-state index in [-0.39, 0.29) is 12.1 Å². The van der Waals surface area contributed by atoms with E-state index >= 15 is 0 Å². The molecule has 1 aliphatic carbocycles. The number of hydrogen-bond acceptors (Lipinski definition) is 2. The van der Waals surface area contributed by atoms with Crippen LogP contribution >= 0.6 is 0 Å². The Balaban J connectivity index is 1.86. The predicted molar refractivity (Wildman–Crippen MR) is 48.3 cm³/mol. The molecule has 0 spiro atoms. The number of rotatable bonds is 2. The van der Waals surface area contributed by atoms with Crippen LogP contribution in [0.5, 0.6) is 0 Å². The molecule has 2 atom stereocenters. The number of carbonyl (C=O) groups is 1. The minimum absolute atomic E-state index is 0.0269. The second-order valence-corrected chi connectivity index (χ2v) is 3.94. The zero-order chi connectivity index (χ0) is 9.26. The van der Waals surface area contributed by atoms with Crippen LogP contribution in [0.3, 0.4) is 0 Å². The largest absolute Gasteiger partial charge is 0.393 e. The Morgan fingerprint density at radius 1 is 1.54 bits per heavy atom. The van der Waals surface area contributed by atoms with Crippen molar-refractivity contribution in [2.24, 2.45) is 5.92 Å². The summed E-state index contributed by atoms with van der Waals surface area (Å²) in [5.41, 5.74) is 0. The number of nitrogens with zero attached hydrogens (tertiary/aromatic N) is 1. The van der Waals surface area contributed by atoms with E-state index in [1.165, 1.54) is 0 Å². The van der Waals surface area contributed by atoms with Crippen LogP contribution < -0.4 is 5.32 Å². The Labute approximate surface area is 77.9 Å². The van der Waals surface area contributed by atoms with Crippen LogP contribution in [-0.4, -0.2) is 41.8 Å². The van der Waals surface area contributed by atoms with Crippen molar-refractivity contribution in [3.63, 3.8) is 0 Å². The highest BCUT2D eigenvalue weighted by molar-refractivity contribution is 5.76. The molecule has 0 aromatic carbocycles. The summed E-state index contributed by atoms with van der Waals surface area (Å²) in [5.74, 6) is 0.309. The Morgan fingerprint density at radius 2 is 2.38 bits per heavy atom. The maximum absolute atomic E-state index is 11.2. The van der Waals surface area contributed by atoms with Crippen LogP contribution in [0.4, 0.5) is 4.79 Å². The molecule has 13 heavy (non-hydrogen) atoms. The van der Waals surface area contributed by atoms with E-state index in [2.05, 4.69) is 5.32 Å². The third kappa shape index (κ3) is 1.77. The van der Waals surface area contributed by atoms with Crippen molar-refractivity contribution >= 4 is 6.03 Å². The van der Waals surface area contributed by atoms with E-state index in [1.807, 2.05) is 0 Å². The highest BCUT2D eigenvalue weighted by Crippen LogP contribution is 2.26. The lowest BCUT2D eigenvalue weighted by molar-refractivity contribution is 0.114. The Kier molecular flexibility index (Phi) is 2.40. The lowest BCUT2D eigenvalue weighted by Crippen LogP contribution is -2.35. The number of urea groups is 1. The summed E-state index contributed by atoms with van der Waals surface area (Å²) < 4.78 is 0. The van der Waals surface area contributed by atoms with E-state index in [1.54, 1.807) is 4.90 Å². The van der Waals surface area contributed by atoms with E-state index in [9.17, 15) is 9.90 Å². The Hall–Kier alpha value is -0.770. The molecule has 4 heteroatoms. The molecular formula is C9H16N2O2. The molecule has 0 aromatic heterocycles. The van der Waals surface area contributed by atoms with Crippen LogP contribution in [-0.2, 0) is 0 Å². The Bertz CT molecular complexity index is 208. The first-order valence-corrected chi connectivity index (χ1v) is 4.98. The van der Waals surface area contributed by atoms with E-state index < -0.39 is 0 Å². The summed E-state index contributed by atoms with van der Waals surface area (Å²) in [6.07, 6.45) is 2.88. The van der Waals surface area contributed by atoms with Gasteiger partial charge in [0.1, 0.15) is 0 Å². The molecule has 0 radical (unpaired) electrons. The summed E-state index contributed by atoms with van der Waals surface area (Å²) in [4.78, 5) is 13.0. The smallest absolute Gasteiger partial charge is 0.317 e. The SMILES string of the molecule is O=C1NCCN1CC1CCCC1O. The van der Waals surface area contributed by atoms with Crippen molar-refractivity contribution < 1.29 is 9.90 Å². The molecular weight excluding hydrogens is 168 g/mol. The van der Waals surface area contributed by atoms with Crippen LogP contribution in [0.15, 0.2) is 0 Å². The van der Waals surface area contributed by atoms with Gasteiger partial charge in [-0.2, -0.15) is 0 Å². The van der Waals surface area contributed by atoms with E-state index in [0.717, 1.165) is 38.9 Å². The maximum atomic E-state index is 11.2. The van der Waals surface area contributed by atoms with Crippen LogP contribution in [0.2, 0.25) is 0 Å². The fraction of sp³-hybridized carbons (Fsp3) is 0.889. The summed E-state index contributed by atoms with van der Waals surface area (Å²) >= 11 is 0. The quantitative estimate of drug-likeness (QED) is 0.643. The van der Waals surface area contributed by atoms with Gasteiger partial charge in [-0.25, -0.2) is 4.79 Å². The van der Waals surface area contributed by atoms with Crippen molar-refractivity contribution in [3.8, 4) is 0 Å². The topological polar surface area (TPSA) is 52.6 Å². The van der Waals surface area contributed by atoms with Gasteiger partial charge in [0.2, 0.25) is 0 Å². The lowest BCUT2D eigenvalue weighted by atomic mass is 10.1. The molecule has 2 fully saturated rings. The summed E-state index contributed by atoms with van der Waals surface area (Å²) in [7, 11) is 0. The molecule has 2 rings (SSSR count). The molecule has 74 valence electrons. The number of amides is 2. The second kappa shape index (κ2) is 3.54. The van der Waals surface area contributed by atoms with Crippen molar-refractivity contribution in [1.82, 2.24) is 10.2 Å². The van der Waals surface area contributed by atoms with Crippen molar-refractivity contribution in [2.75, 3.05) is 19.6 Å². The second-order valence-electron chi connectivity index (χ2n) is 3.94. The number of nitrogens with one attached hydrogen (secondary N) is 1. The normalized spacial score (nSPS) is 33.9. The van der Waals surface area contributed by atoms with Gasteiger partial charge in [-0.1, -0.05) is 6.42 Å². The standard InChI is InChI=1S/C9H16N2O2/c12-8-3-1-2-7(8)6-11-5-4-10-9(11)13/h7-8,12H,1-6H2,(H,10,13). The first-order valence-electron chi connectivity index (χ1n) is 4.98. The highest BCUT2D eigenvalue weighted by atomic mass is 16.3. The zero-order valence-electron chi connectivity index (χ0n) is 7.70. The first-order chi connectivity index (χ1) is 6.27. The molecule has 4 nitrogen and oxygen atoms in total. The van der Waals surface area contributed by atoms with Crippen LogP contribution in [0, 0.1) is 5.92 Å². The van der Waals surface area contributed by atoms with Gasteiger partial charge in [0, 0.05) is 25.6 Å². The van der Waals surface area contributed by atoms with E-state index in [4.69, 9.17) is 0 Å². The number of carbonyl (C=O) groups excluding carboxylic acids is 1. The van der Waals surface area contributed by atoms with Gasteiger partial charge >= 0.3 is 6.03 Å². The molecule has 1 aliphatic heterocycles. The van der Waals surface area contributed by atoms with Gasteiger partial charge in [0.15, 0.2) is 0 Å². The number of hydrogen-bond donors (Lipinski definition) is 2. The van der Waals surface area contributed by atoms with Gasteiger partial charge in [0.05, 0.1) is 6.10 Å². The first kappa shape index (κ1) is 8.81. The highest BCUT2D eigenvalue weighted by Gasteiger charge is 2.30. The average molecular weight is 184 g/mol. The molecule has 2 unspecified atom stereocenters. The van der Waals surface area contributed by atoms with Crippen molar-refractivity contribution in [3.05, 3.63) is 0 Å². The van der Waals surface area contributed by atoms with E-state index in [0.29, 0.717) is 5.92 Å². The van der Waals surface area contributed by atoms with Crippen molar-refractivity contribution in [2.45, 2.75) is 25.4 Å². The maximum Gasteiger partial charge on any atom is 0.317 e. The van der Waals surface area contributed by atoms with Crippen molar-refractivity contribution in [1.29, 1.82) is 0 Å². The monoisotopic (exact) mass is 184 g/mol. The number of aliphatic hydroxyl groups excluding tert-OH is 1. The van der Waals surface area contributed by atoms with Gasteiger partial charge in [-0.3, -0.25) is 0 Å². The number of aliphatic hydroxyl groups is 1. The van der Waals surface area contributed by atoms with Gasteiger partial charge in [-0.15, -0.1) is 0 Å². The predicted octanol–water partition coefficient (Wildman–Crippen LogP) is 0.173. The minimum atomic E-state index is -0.187. The molecule has 1 heterocycles. The third-order valence-corrected chi connectivity index (χ3v) is 3.02. The Morgan fingerprint density at radius 3 is 2.92 bits per heavy atom. The van der Waals surface area contributed by atoms with Gasteiger partial charge in [-0.05, 0) is 12.8 Å². The zero-order valence-corrected chi connectivity index (χ0v) is 7.70. The molecule has 1 saturated carbocycles. The average Bonchev–Trinajstić information content (AvgIpc) is 2.65. The van der Waals surface area contributed by atoms with Gasteiger partial charge < -0.3 is 15.3 Å². The summed E-state index contributed by atoms with van der Waals surface area (Å²) in [5, 5.41) is 12.3. The molecule has 2 aliphatic rings. The third-order valence-electron chi connectivity index (χ3n) is 3.02. The fourth-order valence-electron chi connectivity index (χ4n) is 2.20. The van der Waals surface area contributed by atoms with Crippen LogP contribution in [0.25, 0.3) is 0 Å².